The molecule has 3 aromatic carbocycles. The second-order valence-electron chi connectivity index (χ2n) is 8.38. The van der Waals surface area contributed by atoms with E-state index in [-0.39, 0.29) is 25.0 Å². The highest BCUT2D eigenvalue weighted by Gasteiger charge is 2.41. The first kappa shape index (κ1) is 21.0. The van der Waals surface area contributed by atoms with Crippen LogP contribution in [-0.2, 0) is 16.1 Å². The normalized spacial score (nSPS) is 16.0. The summed E-state index contributed by atoms with van der Waals surface area (Å²) in [4.78, 5) is 32.9. The smallest absolute Gasteiger partial charge is 0.253 e. The van der Waals surface area contributed by atoms with E-state index in [1.807, 2.05) is 53.1 Å². The van der Waals surface area contributed by atoms with Gasteiger partial charge in [0, 0.05) is 11.8 Å². The third kappa shape index (κ3) is 3.71. The van der Waals surface area contributed by atoms with Gasteiger partial charge in [0.25, 0.3) is 5.91 Å². The lowest BCUT2D eigenvalue weighted by Gasteiger charge is -2.16. The Morgan fingerprint density at radius 1 is 1.09 bits per heavy atom. The van der Waals surface area contributed by atoms with Crippen molar-refractivity contribution in [3.05, 3.63) is 72.3 Å². The van der Waals surface area contributed by atoms with Crippen LogP contribution in [0.4, 0.5) is 11.6 Å². The number of nitrogens with zero attached hydrogens (tertiary/aromatic N) is 3. The van der Waals surface area contributed by atoms with Crippen LogP contribution in [-0.4, -0.2) is 35.3 Å². The first-order valence-electron chi connectivity index (χ1n) is 11.2. The zero-order valence-electron chi connectivity index (χ0n) is 18.9. The van der Waals surface area contributed by atoms with E-state index in [1.165, 1.54) is 0 Å². The molecule has 9 nitrogen and oxygen atoms in total. The number of anilines is 2. The Morgan fingerprint density at radius 3 is 2.71 bits per heavy atom. The fourth-order valence-electron chi connectivity index (χ4n) is 4.52. The van der Waals surface area contributed by atoms with Crippen molar-refractivity contribution < 1.29 is 23.8 Å². The molecule has 0 bridgehead atoms. The minimum Gasteiger partial charge on any atom is -0.497 e. The number of methoxy groups -OCH3 is 1. The SMILES string of the molecule is COc1ccc(CN2C(=O)[C@@H](CC(=O)Nc3ccc4c(c3)OCO4)n3c2nc2ccccc23)cc1. The summed E-state index contributed by atoms with van der Waals surface area (Å²) in [5.74, 6) is 2.04. The lowest BCUT2D eigenvalue weighted by Crippen LogP contribution is -2.31. The molecule has 3 heterocycles. The largest absolute Gasteiger partial charge is 0.497 e. The Bertz CT molecular complexity index is 1450. The summed E-state index contributed by atoms with van der Waals surface area (Å²) in [7, 11) is 1.61. The molecule has 1 aromatic heterocycles. The zero-order chi connectivity index (χ0) is 23.9. The Labute approximate surface area is 200 Å². The van der Waals surface area contributed by atoms with E-state index in [9.17, 15) is 9.59 Å². The van der Waals surface area contributed by atoms with Crippen molar-refractivity contribution in [2.75, 3.05) is 24.1 Å². The fraction of sp³-hybridized carbons (Fsp3) is 0.192. The number of carbonyl (C=O) groups excluding carboxylic acids is 2. The van der Waals surface area contributed by atoms with Gasteiger partial charge in [-0.05, 0) is 42.0 Å². The van der Waals surface area contributed by atoms with Crippen molar-refractivity contribution in [3.8, 4) is 17.2 Å². The number of hydrogen-bond acceptors (Lipinski definition) is 6. The lowest BCUT2D eigenvalue weighted by molar-refractivity contribution is -0.124. The highest BCUT2D eigenvalue weighted by molar-refractivity contribution is 6.05. The Balaban J connectivity index is 1.28. The minimum atomic E-state index is -0.704. The highest BCUT2D eigenvalue weighted by Crippen LogP contribution is 2.38. The van der Waals surface area contributed by atoms with Crippen LogP contribution in [0.3, 0.4) is 0 Å². The number of ether oxygens (including phenoxy) is 3. The van der Waals surface area contributed by atoms with Gasteiger partial charge in [0.1, 0.15) is 11.8 Å². The van der Waals surface area contributed by atoms with Gasteiger partial charge in [-0.25, -0.2) is 4.98 Å². The van der Waals surface area contributed by atoms with Crippen LogP contribution >= 0.6 is 0 Å². The summed E-state index contributed by atoms with van der Waals surface area (Å²) in [6.07, 6.45) is -0.0280. The maximum absolute atomic E-state index is 13.6. The highest BCUT2D eigenvalue weighted by atomic mass is 16.7. The van der Waals surface area contributed by atoms with Gasteiger partial charge >= 0.3 is 0 Å². The second kappa shape index (κ2) is 8.35. The average molecular weight is 470 g/mol. The van der Waals surface area contributed by atoms with Gasteiger partial charge in [0.15, 0.2) is 11.5 Å². The molecule has 1 N–H and O–H groups in total. The number of carbonyl (C=O) groups is 2. The van der Waals surface area contributed by atoms with Crippen molar-refractivity contribution in [3.63, 3.8) is 0 Å². The summed E-state index contributed by atoms with van der Waals surface area (Å²) in [5.41, 5.74) is 3.10. The molecule has 0 fully saturated rings. The molecule has 2 aliphatic rings. The molecule has 0 aliphatic carbocycles. The number of benzene rings is 3. The van der Waals surface area contributed by atoms with Crippen LogP contribution in [0.15, 0.2) is 66.7 Å². The van der Waals surface area contributed by atoms with Gasteiger partial charge in [-0.15, -0.1) is 0 Å². The van der Waals surface area contributed by atoms with Gasteiger partial charge in [-0.1, -0.05) is 24.3 Å². The molecular weight excluding hydrogens is 448 g/mol. The van der Waals surface area contributed by atoms with Crippen LogP contribution < -0.4 is 24.4 Å². The van der Waals surface area contributed by atoms with E-state index < -0.39 is 6.04 Å². The minimum absolute atomic E-state index is 0.0280. The molecular formula is C26H22N4O5. The molecule has 2 amide bonds. The molecule has 176 valence electrons. The number of fused-ring (bicyclic) bond motifs is 4. The predicted octanol–water partition coefficient (Wildman–Crippen LogP) is 3.89. The molecule has 4 aromatic rings. The first-order valence-corrected chi connectivity index (χ1v) is 11.2. The topological polar surface area (TPSA) is 94.9 Å². The van der Waals surface area contributed by atoms with Crippen molar-refractivity contribution in [2.24, 2.45) is 0 Å². The molecule has 1 atom stereocenters. The molecule has 35 heavy (non-hydrogen) atoms. The number of aromatic nitrogens is 2. The van der Waals surface area contributed by atoms with E-state index in [0.717, 1.165) is 22.3 Å². The van der Waals surface area contributed by atoms with Crippen LogP contribution in [0.2, 0.25) is 0 Å². The number of hydrogen-bond donors (Lipinski definition) is 1. The van der Waals surface area contributed by atoms with Crippen molar-refractivity contribution in [1.82, 2.24) is 9.55 Å². The van der Waals surface area contributed by atoms with Gasteiger partial charge in [0.2, 0.25) is 18.6 Å². The molecule has 0 radical (unpaired) electrons. The Morgan fingerprint density at radius 2 is 1.89 bits per heavy atom. The fourth-order valence-corrected chi connectivity index (χ4v) is 4.52. The number of amides is 2. The standard InChI is InChI=1S/C26H22N4O5/c1-33-18-9-6-16(7-10-18)14-29-25(32)21(30-20-5-3-2-4-19(20)28-26(29)30)13-24(31)27-17-8-11-22-23(12-17)35-15-34-22/h2-12,21H,13-15H2,1H3,(H,27,31)/t21-/m1/s1. The predicted molar refractivity (Wildman–Crippen MR) is 129 cm³/mol. The Kier molecular flexibility index (Phi) is 5.02. The number of rotatable bonds is 6. The molecule has 6 rings (SSSR count). The van der Waals surface area contributed by atoms with Crippen LogP contribution in [0, 0.1) is 0 Å². The van der Waals surface area contributed by atoms with Crippen LogP contribution in [0.1, 0.15) is 18.0 Å². The van der Waals surface area contributed by atoms with Crippen molar-refractivity contribution in [2.45, 2.75) is 19.0 Å². The monoisotopic (exact) mass is 470 g/mol. The lowest BCUT2D eigenvalue weighted by atomic mass is 10.1. The van der Waals surface area contributed by atoms with E-state index in [1.54, 1.807) is 30.2 Å². The Hall–Kier alpha value is -4.53. The van der Waals surface area contributed by atoms with Gasteiger partial charge in [0.05, 0.1) is 31.1 Å². The van der Waals surface area contributed by atoms with Crippen molar-refractivity contribution in [1.29, 1.82) is 0 Å². The third-order valence-electron chi connectivity index (χ3n) is 6.22. The second-order valence-corrected chi connectivity index (χ2v) is 8.38. The summed E-state index contributed by atoms with van der Waals surface area (Å²) in [6.45, 7) is 0.496. The summed E-state index contributed by atoms with van der Waals surface area (Å²) >= 11 is 0. The number of para-hydroxylation sites is 2. The third-order valence-corrected chi connectivity index (χ3v) is 6.22. The number of nitrogens with one attached hydrogen (secondary N) is 1. The zero-order valence-corrected chi connectivity index (χ0v) is 18.9. The van der Waals surface area contributed by atoms with E-state index in [4.69, 9.17) is 19.2 Å². The molecule has 0 saturated carbocycles. The quantitative estimate of drug-likeness (QED) is 0.460. The summed E-state index contributed by atoms with van der Waals surface area (Å²) in [5, 5.41) is 2.87. The van der Waals surface area contributed by atoms with E-state index in [0.29, 0.717) is 29.7 Å². The molecule has 2 aliphatic heterocycles. The average Bonchev–Trinajstić information content (AvgIpc) is 3.55. The number of imidazole rings is 1. The van der Waals surface area contributed by atoms with Crippen LogP contribution in [0.25, 0.3) is 11.0 Å². The summed E-state index contributed by atoms with van der Waals surface area (Å²) < 4.78 is 17.8. The van der Waals surface area contributed by atoms with Gasteiger partial charge < -0.3 is 19.5 Å². The molecule has 0 unspecified atom stereocenters. The van der Waals surface area contributed by atoms with E-state index in [2.05, 4.69) is 5.32 Å². The molecule has 9 heteroatoms. The van der Waals surface area contributed by atoms with Gasteiger partial charge in [-0.3, -0.25) is 19.1 Å². The van der Waals surface area contributed by atoms with E-state index >= 15 is 0 Å². The van der Waals surface area contributed by atoms with Crippen LogP contribution in [0.5, 0.6) is 17.2 Å². The maximum Gasteiger partial charge on any atom is 0.253 e. The van der Waals surface area contributed by atoms with Crippen molar-refractivity contribution >= 4 is 34.5 Å². The molecule has 0 saturated heterocycles. The summed E-state index contributed by atoms with van der Waals surface area (Å²) in [6, 6.07) is 19.7. The maximum atomic E-state index is 13.6. The first-order chi connectivity index (χ1) is 17.1. The van der Waals surface area contributed by atoms with Gasteiger partial charge in [-0.2, -0.15) is 0 Å². The molecule has 0 spiro atoms.